The molecule has 0 unspecified atom stereocenters. The largest absolute Gasteiger partial charge is 0.487 e. The van der Waals surface area contributed by atoms with E-state index in [2.05, 4.69) is 0 Å². The van der Waals surface area contributed by atoms with E-state index in [9.17, 15) is 4.79 Å². The van der Waals surface area contributed by atoms with Crippen LogP contribution in [0.25, 0.3) is 0 Å². The van der Waals surface area contributed by atoms with Crippen LogP contribution >= 0.6 is 11.6 Å². The summed E-state index contributed by atoms with van der Waals surface area (Å²) in [6.07, 6.45) is 0.331. The Morgan fingerprint density at radius 2 is 1.74 bits per heavy atom. The van der Waals surface area contributed by atoms with Crippen molar-refractivity contribution in [2.75, 3.05) is 0 Å². The third-order valence-electron chi connectivity index (χ3n) is 3.80. The molecular formula is C19H21ClO3. The number of aryl methyl sites for hydroxylation is 3. The first kappa shape index (κ1) is 17.4. The molecule has 3 nitrogen and oxygen atoms in total. The average molecular weight is 333 g/mol. The molecule has 122 valence electrons. The molecule has 4 heteroatoms. The minimum Gasteiger partial charge on any atom is -0.487 e. The fourth-order valence-electron chi connectivity index (χ4n) is 2.17. The van der Waals surface area contributed by atoms with Crippen LogP contribution in [0.3, 0.4) is 0 Å². The highest BCUT2D eigenvalue weighted by atomic mass is 35.5. The molecule has 0 N–H and O–H groups in total. The van der Waals surface area contributed by atoms with Gasteiger partial charge in [0.05, 0.1) is 5.02 Å². The fraction of sp³-hybridized carbons (Fsp3) is 0.316. The van der Waals surface area contributed by atoms with Crippen LogP contribution < -0.4 is 9.47 Å². The zero-order valence-electron chi connectivity index (χ0n) is 13.9. The van der Waals surface area contributed by atoms with Crippen LogP contribution in [-0.4, -0.2) is 5.97 Å². The lowest BCUT2D eigenvalue weighted by atomic mass is 10.1. The summed E-state index contributed by atoms with van der Waals surface area (Å²) < 4.78 is 11.3. The summed E-state index contributed by atoms with van der Waals surface area (Å²) in [6.45, 7) is 8.05. The predicted molar refractivity (Wildman–Crippen MR) is 92.4 cm³/mol. The van der Waals surface area contributed by atoms with Gasteiger partial charge < -0.3 is 9.47 Å². The van der Waals surface area contributed by atoms with Crippen molar-refractivity contribution >= 4 is 17.6 Å². The standard InChI is InChI=1S/C19H21ClO3/c1-5-19(21)23-17-8-6-7-12(2)15(17)11-22-18-10-14(4)13(3)9-16(18)20/h6-10H,5,11H2,1-4H3. The Bertz CT molecular complexity index is 723. The summed E-state index contributed by atoms with van der Waals surface area (Å²) in [5, 5.41) is 0.578. The molecule has 0 heterocycles. The molecule has 0 radical (unpaired) electrons. The number of ether oxygens (including phenoxy) is 2. The molecule has 2 aromatic rings. The van der Waals surface area contributed by atoms with Crippen molar-refractivity contribution in [2.24, 2.45) is 0 Å². The first-order chi connectivity index (χ1) is 10.9. The summed E-state index contributed by atoms with van der Waals surface area (Å²) in [7, 11) is 0. The molecule has 2 rings (SSSR count). The van der Waals surface area contributed by atoms with Gasteiger partial charge in [-0.1, -0.05) is 30.7 Å². The second-order valence-corrected chi connectivity index (χ2v) is 5.94. The SMILES string of the molecule is CCC(=O)Oc1cccc(C)c1COc1cc(C)c(C)cc1Cl. The molecular weight excluding hydrogens is 312 g/mol. The van der Waals surface area contributed by atoms with Crippen molar-refractivity contribution in [3.05, 3.63) is 57.6 Å². The number of hydrogen-bond acceptors (Lipinski definition) is 3. The molecule has 0 aliphatic carbocycles. The molecule has 0 aliphatic heterocycles. The Labute approximate surface area is 142 Å². The van der Waals surface area contributed by atoms with Crippen molar-refractivity contribution in [2.45, 2.75) is 40.7 Å². The third kappa shape index (κ3) is 4.26. The van der Waals surface area contributed by atoms with E-state index >= 15 is 0 Å². The number of benzene rings is 2. The second-order valence-electron chi connectivity index (χ2n) is 5.53. The molecule has 0 aromatic heterocycles. The van der Waals surface area contributed by atoms with Crippen molar-refractivity contribution in [3.63, 3.8) is 0 Å². The Hall–Kier alpha value is -2.00. The first-order valence-electron chi connectivity index (χ1n) is 7.61. The van der Waals surface area contributed by atoms with Crippen LogP contribution in [0.15, 0.2) is 30.3 Å². The zero-order valence-corrected chi connectivity index (χ0v) is 14.7. The summed E-state index contributed by atoms with van der Waals surface area (Å²) in [5.74, 6) is 0.906. The molecule has 0 amide bonds. The minimum atomic E-state index is -0.263. The fourth-order valence-corrected chi connectivity index (χ4v) is 2.44. The molecule has 0 aliphatic rings. The van der Waals surface area contributed by atoms with Gasteiger partial charge in [-0.15, -0.1) is 0 Å². The molecule has 0 atom stereocenters. The lowest BCUT2D eigenvalue weighted by Crippen LogP contribution is -2.09. The molecule has 23 heavy (non-hydrogen) atoms. The van der Waals surface area contributed by atoms with E-state index in [1.165, 1.54) is 0 Å². The molecule has 0 fully saturated rings. The van der Waals surface area contributed by atoms with Gasteiger partial charge >= 0.3 is 5.97 Å². The maximum atomic E-state index is 11.6. The predicted octanol–water partition coefficient (Wildman–Crippen LogP) is 5.16. The van der Waals surface area contributed by atoms with E-state index in [1.807, 2.05) is 45.0 Å². The molecule has 2 aromatic carbocycles. The van der Waals surface area contributed by atoms with Crippen molar-refractivity contribution in [1.82, 2.24) is 0 Å². The normalized spacial score (nSPS) is 10.5. The van der Waals surface area contributed by atoms with Gasteiger partial charge in [0.25, 0.3) is 0 Å². The van der Waals surface area contributed by atoms with E-state index in [-0.39, 0.29) is 5.97 Å². The number of hydrogen-bond donors (Lipinski definition) is 0. The number of carbonyl (C=O) groups is 1. The molecule has 0 bridgehead atoms. The van der Waals surface area contributed by atoms with E-state index < -0.39 is 0 Å². The summed E-state index contributed by atoms with van der Waals surface area (Å²) >= 11 is 6.24. The molecule has 0 saturated heterocycles. The second kappa shape index (κ2) is 7.51. The van der Waals surface area contributed by atoms with Gasteiger partial charge in [0.15, 0.2) is 0 Å². The Morgan fingerprint density at radius 1 is 1.04 bits per heavy atom. The van der Waals surface area contributed by atoms with Gasteiger partial charge in [-0.05, 0) is 55.7 Å². The average Bonchev–Trinajstić information content (AvgIpc) is 2.51. The van der Waals surface area contributed by atoms with Crippen molar-refractivity contribution in [3.8, 4) is 11.5 Å². The maximum absolute atomic E-state index is 11.6. The Kier molecular flexibility index (Phi) is 5.67. The highest BCUT2D eigenvalue weighted by Gasteiger charge is 2.12. The van der Waals surface area contributed by atoms with Gasteiger partial charge in [-0.2, -0.15) is 0 Å². The van der Waals surface area contributed by atoms with E-state index in [1.54, 1.807) is 13.0 Å². The Balaban J connectivity index is 2.23. The summed E-state index contributed by atoms with van der Waals surface area (Å²) in [4.78, 5) is 11.6. The van der Waals surface area contributed by atoms with Crippen LogP contribution in [0.2, 0.25) is 5.02 Å². The van der Waals surface area contributed by atoms with Gasteiger partial charge in [-0.25, -0.2) is 0 Å². The van der Waals surface area contributed by atoms with Crippen LogP contribution in [0.5, 0.6) is 11.5 Å². The third-order valence-corrected chi connectivity index (χ3v) is 4.10. The van der Waals surface area contributed by atoms with Crippen LogP contribution in [0, 0.1) is 20.8 Å². The van der Waals surface area contributed by atoms with Crippen LogP contribution in [-0.2, 0) is 11.4 Å². The quantitative estimate of drug-likeness (QED) is 0.560. The van der Waals surface area contributed by atoms with Gasteiger partial charge in [0.1, 0.15) is 18.1 Å². The lowest BCUT2D eigenvalue weighted by Gasteiger charge is -2.15. The van der Waals surface area contributed by atoms with Crippen molar-refractivity contribution in [1.29, 1.82) is 0 Å². The zero-order chi connectivity index (χ0) is 17.0. The smallest absolute Gasteiger partial charge is 0.310 e. The van der Waals surface area contributed by atoms with E-state index in [4.69, 9.17) is 21.1 Å². The van der Waals surface area contributed by atoms with E-state index in [0.29, 0.717) is 29.5 Å². The van der Waals surface area contributed by atoms with E-state index in [0.717, 1.165) is 22.3 Å². The monoisotopic (exact) mass is 332 g/mol. The first-order valence-corrected chi connectivity index (χ1v) is 7.99. The number of rotatable bonds is 5. The Morgan fingerprint density at radius 3 is 2.43 bits per heavy atom. The molecule has 0 spiro atoms. The van der Waals surface area contributed by atoms with Gasteiger partial charge in [0, 0.05) is 12.0 Å². The van der Waals surface area contributed by atoms with Crippen molar-refractivity contribution < 1.29 is 14.3 Å². The topological polar surface area (TPSA) is 35.5 Å². The number of carbonyl (C=O) groups excluding carboxylic acids is 1. The number of halogens is 1. The minimum absolute atomic E-state index is 0.263. The maximum Gasteiger partial charge on any atom is 0.310 e. The van der Waals surface area contributed by atoms with Crippen LogP contribution in [0.1, 0.15) is 35.6 Å². The summed E-state index contributed by atoms with van der Waals surface area (Å²) in [6, 6.07) is 9.42. The highest BCUT2D eigenvalue weighted by molar-refractivity contribution is 6.32. The molecule has 0 saturated carbocycles. The summed E-state index contributed by atoms with van der Waals surface area (Å²) in [5.41, 5.74) is 4.09. The lowest BCUT2D eigenvalue weighted by molar-refractivity contribution is -0.134. The van der Waals surface area contributed by atoms with Gasteiger partial charge in [0.2, 0.25) is 0 Å². The number of esters is 1. The van der Waals surface area contributed by atoms with Crippen LogP contribution in [0.4, 0.5) is 0 Å². The highest BCUT2D eigenvalue weighted by Crippen LogP contribution is 2.30. The van der Waals surface area contributed by atoms with Gasteiger partial charge in [-0.3, -0.25) is 4.79 Å².